The van der Waals surface area contributed by atoms with Crippen molar-refractivity contribution in [3.63, 3.8) is 0 Å². The molecule has 0 bridgehead atoms. The van der Waals surface area contributed by atoms with Crippen LogP contribution in [-0.2, 0) is 4.79 Å². The summed E-state index contributed by atoms with van der Waals surface area (Å²) in [7, 11) is 0. The van der Waals surface area contributed by atoms with Crippen molar-refractivity contribution in [1.82, 2.24) is 10.2 Å². The molecule has 1 N–H and O–H groups in total. The molecule has 0 aliphatic heterocycles. The summed E-state index contributed by atoms with van der Waals surface area (Å²) in [5.41, 5.74) is 2.80. The number of carbonyl (C=O) groups is 1. The number of amides is 1. The standard InChI is InChI=1S/C13H15N3O2S/c1-9(2)10-3-5-11(6-4-10)18-7-12(17)15-13-16-14-8-19-13/h3-6,8-9H,7H2,1-2H3,(H,15,16,17). The molecule has 2 rings (SSSR count). The number of aromatic nitrogens is 2. The van der Waals surface area contributed by atoms with Crippen molar-refractivity contribution in [2.75, 3.05) is 11.9 Å². The van der Waals surface area contributed by atoms with Gasteiger partial charge in [0, 0.05) is 0 Å². The van der Waals surface area contributed by atoms with E-state index < -0.39 is 0 Å². The molecule has 0 saturated heterocycles. The highest BCUT2D eigenvalue weighted by Gasteiger charge is 2.06. The van der Waals surface area contributed by atoms with E-state index in [4.69, 9.17) is 4.74 Å². The van der Waals surface area contributed by atoms with Gasteiger partial charge < -0.3 is 4.74 Å². The van der Waals surface area contributed by atoms with Crippen molar-refractivity contribution in [1.29, 1.82) is 0 Å². The van der Waals surface area contributed by atoms with Crippen LogP contribution in [0, 0.1) is 0 Å². The Morgan fingerprint density at radius 1 is 1.37 bits per heavy atom. The Morgan fingerprint density at radius 2 is 2.11 bits per heavy atom. The minimum absolute atomic E-state index is 0.0411. The number of benzene rings is 1. The average Bonchev–Trinajstić information content (AvgIpc) is 2.89. The number of hydrogen-bond donors (Lipinski definition) is 1. The Labute approximate surface area is 115 Å². The van der Waals surface area contributed by atoms with Crippen LogP contribution in [0.15, 0.2) is 29.8 Å². The van der Waals surface area contributed by atoms with Gasteiger partial charge in [0.2, 0.25) is 5.13 Å². The second-order valence-corrected chi connectivity index (χ2v) is 5.14. The lowest BCUT2D eigenvalue weighted by Crippen LogP contribution is -2.20. The number of carbonyl (C=O) groups excluding carboxylic acids is 1. The van der Waals surface area contributed by atoms with Crippen LogP contribution < -0.4 is 10.1 Å². The molecule has 1 heterocycles. The van der Waals surface area contributed by atoms with Gasteiger partial charge in [0.25, 0.3) is 5.91 Å². The highest BCUT2D eigenvalue weighted by molar-refractivity contribution is 7.13. The molecule has 100 valence electrons. The zero-order valence-electron chi connectivity index (χ0n) is 10.8. The van der Waals surface area contributed by atoms with Crippen molar-refractivity contribution < 1.29 is 9.53 Å². The minimum atomic E-state index is -0.246. The first-order chi connectivity index (χ1) is 9.15. The molecular weight excluding hydrogens is 262 g/mol. The van der Waals surface area contributed by atoms with E-state index in [9.17, 15) is 4.79 Å². The summed E-state index contributed by atoms with van der Waals surface area (Å²) in [5, 5.41) is 10.4. The molecule has 0 aliphatic rings. The molecule has 0 radical (unpaired) electrons. The first-order valence-electron chi connectivity index (χ1n) is 5.94. The van der Waals surface area contributed by atoms with Gasteiger partial charge in [-0.2, -0.15) is 0 Å². The molecule has 6 heteroatoms. The zero-order chi connectivity index (χ0) is 13.7. The third-order valence-corrected chi connectivity index (χ3v) is 3.13. The van der Waals surface area contributed by atoms with Crippen molar-refractivity contribution in [2.45, 2.75) is 19.8 Å². The Balaban J connectivity index is 1.83. The van der Waals surface area contributed by atoms with Gasteiger partial charge in [0.15, 0.2) is 6.61 Å². The summed E-state index contributed by atoms with van der Waals surface area (Å²) in [6, 6.07) is 7.74. The van der Waals surface area contributed by atoms with Crippen molar-refractivity contribution in [3.05, 3.63) is 35.3 Å². The van der Waals surface area contributed by atoms with Crippen LogP contribution in [0.4, 0.5) is 5.13 Å². The fourth-order valence-corrected chi connectivity index (χ4v) is 1.94. The fourth-order valence-electron chi connectivity index (χ4n) is 1.48. The van der Waals surface area contributed by atoms with Crippen molar-refractivity contribution in [2.24, 2.45) is 0 Å². The average molecular weight is 277 g/mol. The van der Waals surface area contributed by atoms with Gasteiger partial charge in [-0.25, -0.2) is 0 Å². The highest BCUT2D eigenvalue weighted by Crippen LogP contribution is 2.18. The van der Waals surface area contributed by atoms with Crippen molar-refractivity contribution >= 4 is 22.4 Å². The normalized spacial score (nSPS) is 10.5. The smallest absolute Gasteiger partial charge is 0.264 e. The largest absolute Gasteiger partial charge is 0.484 e. The molecule has 0 aliphatic carbocycles. The maximum atomic E-state index is 11.6. The maximum absolute atomic E-state index is 11.6. The number of rotatable bonds is 5. The van der Waals surface area contributed by atoms with Crippen LogP contribution >= 0.6 is 11.3 Å². The van der Waals surface area contributed by atoms with Crippen LogP contribution in [0.25, 0.3) is 0 Å². The molecule has 1 amide bonds. The monoisotopic (exact) mass is 277 g/mol. The number of hydrogen-bond acceptors (Lipinski definition) is 5. The highest BCUT2D eigenvalue weighted by atomic mass is 32.1. The lowest BCUT2D eigenvalue weighted by Gasteiger charge is -2.08. The SMILES string of the molecule is CC(C)c1ccc(OCC(=O)Nc2nncs2)cc1. The van der Waals surface area contributed by atoms with Crippen LogP contribution in [0.1, 0.15) is 25.3 Å². The number of nitrogens with zero attached hydrogens (tertiary/aromatic N) is 2. The predicted molar refractivity (Wildman–Crippen MR) is 74.6 cm³/mol. The second kappa shape index (κ2) is 6.29. The van der Waals surface area contributed by atoms with E-state index in [2.05, 4.69) is 29.4 Å². The van der Waals surface area contributed by atoms with Gasteiger partial charge in [-0.1, -0.05) is 37.3 Å². The molecule has 19 heavy (non-hydrogen) atoms. The first-order valence-corrected chi connectivity index (χ1v) is 6.82. The predicted octanol–water partition coefficient (Wildman–Crippen LogP) is 2.68. The summed E-state index contributed by atoms with van der Waals surface area (Å²) < 4.78 is 5.40. The maximum Gasteiger partial charge on any atom is 0.264 e. The number of anilines is 1. The van der Waals surface area contributed by atoms with Gasteiger partial charge >= 0.3 is 0 Å². The summed E-state index contributed by atoms with van der Waals surface area (Å²) >= 11 is 1.27. The molecule has 2 aromatic rings. The number of ether oxygens (including phenoxy) is 1. The summed E-state index contributed by atoms with van der Waals surface area (Å²) in [5.74, 6) is 0.913. The summed E-state index contributed by atoms with van der Waals surface area (Å²) in [6.07, 6.45) is 0. The van der Waals surface area contributed by atoms with E-state index in [-0.39, 0.29) is 12.5 Å². The Bertz CT molecular complexity index is 523. The number of nitrogens with one attached hydrogen (secondary N) is 1. The van der Waals surface area contributed by atoms with Crippen LogP contribution in [-0.4, -0.2) is 22.7 Å². The first kappa shape index (κ1) is 13.5. The molecule has 0 saturated carbocycles. The molecule has 0 atom stereocenters. The molecule has 0 spiro atoms. The van der Waals surface area contributed by atoms with E-state index in [0.29, 0.717) is 16.8 Å². The van der Waals surface area contributed by atoms with E-state index in [1.807, 2.05) is 24.3 Å². The van der Waals surface area contributed by atoms with E-state index in [0.717, 1.165) is 0 Å². The van der Waals surface area contributed by atoms with Crippen LogP contribution in [0.3, 0.4) is 0 Å². The molecule has 1 aromatic carbocycles. The van der Waals surface area contributed by atoms with E-state index in [1.54, 1.807) is 5.51 Å². The molecule has 1 aromatic heterocycles. The van der Waals surface area contributed by atoms with Gasteiger partial charge in [-0.05, 0) is 23.6 Å². The van der Waals surface area contributed by atoms with Crippen LogP contribution in [0.2, 0.25) is 0 Å². The molecule has 5 nitrogen and oxygen atoms in total. The van der Waals surface area contributed by atoms with Gasteiger partial charge in [-0.15, -0.1) is 10.2 Å². The Morgan fingerprint density at radius 3 is 2.68 bits per heavy atom. The topological polar surface area (TPSA) is 64.1 Å². The summed E-state index contributed by atoms with van der Waals surface area (Å²) in [4.78, 5) is 11.6. The van der Waals surface area contributed by atoms with E-state index in [1.165, 1.54) is 16.9 Å². The van der Waals surface area contributed by atoms with Gasteiger partial charge in [-0.3, -0.25) is 10.1 Å². The third-order valence-electron chi connectivity index (χ3n) is 2.52. The third kappa shape index (κ3) is 4.03. The lowest BCUT2D eigenvalue weighted by molar-refractivity contribution is -0.118. The van der Waals surface area contributed by atoms with E-state index >= 15 is 0 Å². The quantitative estimate of drug-likeness (QED) is 0.912. The van der Waals surface area contributed by atoms with Gasteiger partial charge in [0.05, 0.1) is 0 Å². The zero-order valence-corrected chi connectivity index (χ0v) is 11.6. The second-order valence-electron chi connectivity index (χ2n) is 4.30. The summed E-state index contributed by atoms with van der Waals surface area (Å²) in [6.45, 7) is 4.22. The van der Waals surface area contributed by atoms with Gasteiger partial charge in [0.1, 0.15) is 11.3 Å². The minimum Gasteiger partial charge on any atom is -0.484 e. The molecule has 0 unspecified atom stereocenters. The Hall–Kier alpha value is -1.95. The lowest BCUT2D eigenvalue weighted by atomic mass is 10.0. The fraction of sp³-hybridized carbons (Fsp3) is 0.308. The van der Waals surface area contributed by atoms with Crippen molar-refractivity contribution in [3.8, 4) is 5.75 Å². The van der Waals surface area contributed by atoms with Crippen LogP contribution in [0.5, 0.6) is 5.75 Å². The Kier molecular flexibility index (Phi) is 4.46. The molecule has 0 fully saturated rings. The molecular formula is C13H15N3O2S.